The predicted molar refractivity (Wildman–Crippen MR) is 127 cm³/mol. The van der Waals surface area contributed by atoms with Crippen LogP contribution < -0.4 is 10.1 Å². The Kier molecular flexibility index (Phi) is 6.64. The molecule has 1 heterocycles. The molecule has 7 nitrogen and oxygen atoms in total. The van der Waals surface area contributed by atoms with E-state index in [0.717, 1.165) is 16.9 Å². The number of imide groups is 1. The van der Waals surface area contributed by atoms with Gasteiger partial charge >= 0.3 is 12.6 Å². The second-order valence-corrected chi connectivity index (χ2v) is 9.81. The number of aryl methyl sites for hydroxylation is 1. The minimum atomic E-state index is -2.95. The van der Waals surface area contributed by atoms with Crippen LogP contribution in [-0.2, 0) is 28.1 Å². The summed E-state index contributed by atoms with van der Waals surface area (Å²) in [5, 5.41) is 2.79. The van der Waals surface area contributed by atoms with Gasteiger partial charge in [0.25, 0.3) is 5.91 Å². The summed E-state index contributed by atoms with van der Waals surface area (Å²) >= 11 is 0. The standard InChI is InChI=1S/C27H29F2N3O4/c28-25(29)36-21-9-10-22-20(15-21)11-13-27(22)24(34)32(26(35)30-27)17-23(33)31(14-12-18-7-4-8-18)16-19-5-2-1-3-6-19/h1-3,5-6,9-10,15,18,25H,4,7-8,11-14,16-17H2,(H,30,35). The number of hydrogen-bond donors (Lipinski definition) is 1. The minimum Gasteiger partial charge on any atom is -0.435 e. The Balaban J connectivity index is 1.31. The average molecular weight is 498 g/mol. The molecule has 0 bridgehead atoms. The number of ether oxygens (including phenoxy) is 1. The Morgan fingerprint density at radius 3 is 2.64 bits per heavy atom. The van der Waals surface area contributed by atoms with E-state index in [1.165, 1.54) is 31.4 Å². The van der Waals surface area contributed by atoms with Crippen molar-refractivity contribution in [1.82, 2.24) is 15.1 Å². The lowest BCUT2D eigenvalue weighted by Crippen LogP contribution is -2.45. The first-order chi connectivity index (χ1) is 17.4. The van der Waals surface area contributed by atoms with Crippen molar-refractivity contribution in [3.63, 3.8) is 0 Å². The van der Waals surface area contributed by atoms with E-state index in [0.29, 0.717) is 43.0 Å². The normalized spacial score (nSPS) is 21.0. The van der Waals surface area contributed by atoms with Gasteiger partial charge in [0.2, 0.25) is 5.91 Å². The fourth-order valence-corrected chi connectivity index (χ4v) is 5.40. The van der Waals surface area contributed by atoms with Crippen molar-refractivity contribution >= 4 is 17.8 Å². The van der Waals surface area contributed by atoms with Crippen LogP contribution in [0.25, 0.3) is 0 Å². The van der Waals surface area contributed by atoms with Gasteiger partial charge in [0.15, 0.2) is 0 Å². The summed E-state index contributed by atoms with van der Waals surface area (Å²) in [6.07, 6.45) is 5.19. The van der Waals surface area contributed by atoms with Crippen molar-refractivity contribution in [3.05, 3.63) is 65.2 Å². The maximum Gasteiger partial charge on any atom is 0.387 e. The molecule has 1 saturated heterocycles. The van der Waals surface area contributed by atoms with Crippen LogP contribution in [0.3, 0.4) is 0 Å². The minimum absolute atomic E-state index is 0.00706. The summed E-state index contributed by atoms with van der Waals surface area (Å²) in [7, 11) is 0. The van der Waals surface area contributed by atoms with Crippen LogP contribution >= 0.6 is 0 Å². The van der Waals surface area contributed by atoms with Gasteiger partial charge < -0.3 is 15.0 Å². The molecule has 9 heteroatoms. The molecule has 1 N–H and O–H groups in total. The van der Waals surface area contributed by atoms with Crippen molar-refractivity contribution in [2.24, 2.45) is 5.92 Å². The molecule has 5 rings (SSSR count). The van der Waals surface area contributed by atoms with Crippen LogP contribution in [0.5, 0.6) is 5.75 Å². The number of nitrogens with zero attached hydrogens (tertiary/aromatic N) is 2. The highest BCUT2D eigenvalue weighted by Gasteiger charge is 2.55. The van der Waals surface area contributed by atoms with E-state index in [-0.39, 0.29) is 18.2 Å². The average Bonchev–Trinajstić information content (AvgIpc) is 3.29. The number of fused-ring (bicyclic) bond motifs is 2. The summed E-state index contributed by atoms with van der Waals surface area (Å²) < 4.78 is 29.7. The van der Waals surface area contributed by atoms with Gasteiger partial charge in [0, 0.05) is 13.1 Å². The molecule has 1 saturated carbocycles. The highest BCUT2D eigenvalue weighted by atomic mass is 19.3. The Hall–Kier alpha value is -3.49. The first-order valence-electron chi connectivity index (χ1n) is 12.4. The third kappa shape index (κ3) is 4.66. The number of alkyl halides is 2. The fraction of sp³-hybridized carbons (Fsp3) is 0.444. The second kappa shape index (κ2) is 9.87. The molecule has 190 valence electrons. The van der Waals surface area contributed by atoms with Crippen molar-refractivity contribution in [1.29, 1.82) is 0 Å². The van der Waals surface area contributed by atoms with Gasteiger partial charge in [-0.2, -0.15) is 8.78 Å². The van der Waals surface area contributed by atoms with Crippen LogP contribution in [0.4, 0.5) is 13.6 Å². The molecule has 1 spiro atoms. The molecule has 1 atom stereocenters. The zero-order valence-corrected chi connectivity index (χ0v) is 19.9. The lowest BCUT2D eigenvalue weighted by atomic mass is 9.83. The van der Waals surface area contributed by atoms with Crippen LogP contribution in [0, 0.1) is 5.92 Å². The van der Waals surface area contributed by atoms with E-state index < -0.39 is 24.1 Å². The molecule has 2 aliphatic carbocycles. The van der Waals surface area contributed by atoms with Crippen molar-refractivity contribution in [2.75, 3.05) is 13.1 Å². The first-order valence-corrected chi connectivity index (χ1v) is 12.4. The summed E-state index contributed by atoms with van der Waals surface area (Å²) in [5.41, 5.74) is 0.927. The molecular formula is C27H29F2N3O4. The molecule has 4 amide bonds. The molecule has 0 radical (unpaired) electrons. The van der Waals surface area contributed by atoms with Crippen molar-refractivity contribution < 1.29 is 27.9 Å². The van der Waals surface area contributed by atoms with Gasteiger partial charge in [0.1, 0.15) is 17.8 Å². The SMILES string of the molecule is O=C(CN1C(=O)NC2(CCc3cc(OC(F)F)ccc32)C1=O)N(CCC1CCC1)Cc1ccccc1. The number of amides is 4. The zero-order chi connectivity index (χ0) is 25.3. The molecule has 2 fully saturated rings. The molecule has 1 aliphatic heterocycles. The quantitative estimate of drug-likeness (QED) is 0.527. The summed E-state index contributed by atoms with van der Waals surface area (Å²) in [5.74, 6) is -0.143. The number of hydrogen-bond acceptors (Lipinski definition) is 4. The molecule has 2 aromatic carbocycles. The second-order valence-electron chi connectivity index (χ2n) is 9.81. The topological polar surface area (TPSA) is 79.0 Å². The number of halogens is 2. The lowest BCUT2D eigenvalue weighted by molar-refractivity contribution is -0.139. The highest BCUT2D eigenvalue weighted by Crippen LogP contribution is 2.42. The molecule has 3 aliphatic rings. The molecular weight excluding hydrogens is 468 g/mol. The van der Waals surface area contributed by atoms with Gasteiger partial charge in [-0.05, 0) is 54.0 Å². The fourth-order valence-electron chi connectivity index (χ4n) is 5.40. The van der Waals surface area contributed by atoms with Gasteiger partial charge in [0.05, 0.1) is 0 Å². The number of benzene rings is 2. The van der Waals surface area contributed by atoms with Crippen LogP contribution in [0.15, 0.2) is 48.5 Å². The van der Waals surface area contributed by atoms with Crippen molar-refractivity contribution in [3.8, 4) is 5.75 Å². The largest absolute Gasteiger partial charge is 0.435 e. The molecule has 0 aromatic heterocycles. The lowest BCUT2D eigenvalue weighted by Gasteiger charge is -2.30. The zero-order valence-electron chi connectivity index (χ0n) is 19.9. The Morgan fingerprint density at radius 1 is 1.17 bits per heavy atom. The third-order valence-electron chi connectivity index (χ3n) is 7.60. The predicted octanol–water partition coefficient (Wildman–Crippen LogP) is 4.20. The Labute approximate surface area is 208 Å². The summed E-state index contributed by atoms with van der Waals surface area (Å²) in [6.45, 7) is -2.30. The summed E-state index contributed by atoms with van der Waals surface area (Å²) in [4.78, 5) is 42.5. The van der Waals surface area contributed by atoms with Crippen LogP contribution in [0.2, 0.25) is 0 Å². The number of carbonyl (C=O) groups is 3. The van der Waals surface area contributed by atoms with E-state index in [1.54, 1.807) is 11.0 Å². The van der Waals surface area contributed by atoms with Crippen molar-refractivity contribution in [2.45, 2.75) is 57.2 Å². The van der Waals surface area contributed by atoms with Gasteiger partial charge in [-0.15, -0.1) is 0 Å². The molecule has 2 aromatic rings. The number of nitrogens with one attached hydrogen (secondary N) is 1. The smallest absolute Gasteiger partial charge is 0.387 e. The maximum atomic E-state index is 13.5. The van der Waals surface area contributed by atoms with Crippen LogP contribution in [0.1, 0.15) is 48.8 Å². The molecule has 1 unspecified atom stereocenters. The Bertz CT molecular complexity index is 1150. The van der Waals surface area contributed by atoms with Gasteiger partial charge in [-0.1, -0.05) is 55.7 Å². The van der Waals surface area contributed by atoms with Gasteiger partial charge in [-0.25, -0.2) is 4.79 Å². The van der Waals surface area contributed by atoms with E-state index in [4.69, 9.17) is 0 Å². The first kappa shape index (κ1) is 24.2. The van der Waals surface area contributed by atoms with E-state index in [1.807, 2.05) is 30.3 Å². The van der Waals surface area contributed by atoms with E-state index in [9.17, 15) is 23.2 Å². The number of carbonyl (C=O) groups excluding carboxylic acids is 3. The van der Waals surface area contributed by atoms with Gasteiger partial charge in [-0.3, -0.25) is 14.5 Å². The Morgan fingerprint density at radius 2 is 1.94 bits per heavy atom. The molecule has 36 heavy (non-hydrogen) atoms. The maximum absolute atomic E-state index is 13.5. The van der Waals surface area contributed by atoms with Crippen LogP contribution in [-0.4, -0.2) is 47.3 Å². The van der Waals surface area contributed by atoms with E-state index in [2.05, 4.69) is 10.1 Å². The third-order valence-corrected chi connectivity index (χ3v) is 7.60. The highest BCUT2D eigenvalue weighted by molar-refractivity contribution is 6.10. The number of rotatable bonds is 9. The number of urea groups is 1. The summed E-state index contributed by atoms with van der Waals surface area (Å²) in [6, 6.07) is 13.4. The van der Waals surface area contributed by atoms with E-state index >= 15 is 0 Å². The monoisotopic (exact) mass is 497 g/mol.